The smallest absolute Gasteiger partial charge is 0.338 e. The molecule has 3 heterocycles. The summed E-state index contributed by atoms with van der Waals surface area (Å²) >= 11 is 0. The third-order valence-electron chi connectivity index (χ3n) is 6.25. The van der Waals surface area contributed by atoms with E-state index in [1.165, 1.54) is 19.3 Å². The molecule has 26 heavy (non-hydrogen) atoms. The Morgan fingerprint density at radius 1 is 1.27 bits per heavy atom. The van der Waals surface area contributed by atoms with Gasteiger partial charge in [-0.3, -0.25) is 0 Å². The van der Waals surface area contributed by atoms with Crippen LogP contribution in [0.15, 0.2) is 12.1 Å². The normalized spacial score (nSPS) is 22.3. The van der Waals surface area contributed by atoms with Gasteiger partial charge in [-0.25, -0.2) is 4.79 Å². The molecule has 2 N–H and O–H groups in total. The van der Waals surface area contributed by atoms with Gasteiger partial charge >= 0.3 is 5.97 Å². The standard InChI is InChI=1S/C19H26N2O3.2ClH/c1-13-14(2-3-15-16(13)11-24-18(15)23)17(22)10-21-8-5-19(6-9-21)4-7-20-12-19;;/h2-3,17,20,22H,4-12H2,1H3;2*1H. The average Bonchev–Trinajstić information content (AvgIpc) is 3.18. The number of likely N-dealkylation sites (tertiary alicyclic amines) is 1. The Labute approximate surface area is 167 Å². The Morgan fingerprint density at radius 2 is 2.00 bits per heavy atom. The van der Waals surface area contributed by atoms with Gasteiger partial charge in [0.2, 0.25) is 0 Å². The number of hydrogen-bond acceptors (Lipinski definition) is 5. The Balaban J connectivity index is 0.00000121. The van der Waals surface area contributed by atoms with Crippen LogP contribution in [0.2, 0.25) is 0 Å². The van der Waals surface area contributed by atoms with E-state index >= 15 is 0 Å². The van der Waals surface area contributed by atoms with E-state index in [1.54, 1.807) is 6.07 Å². The number of cyclic esters (lactones) is 1. The first-order valence-electron chi connectivity index (χ1n) is 8.99. The van der Waals surface area contributed by atoms with Crippen LogP contribution >= 0.6 is 24.8 Å². The largest absolute Gasteiger partial charge is 0.457 e. The molecule has 3 aliphatic heterocycles. The Bertz CT molecular complexity index is 652. The number of halogens is 2. The van der Waals surface area contributed by atoms with Gasteiger partial charge in [0.25, 0.3) is 0 Å². The first-order chi connectivity index (χ1) is 11.6. The number of β-amino-alcohol motifs (C(OH)–C–C–N with tert-alkyl or cyclic N) is 1. The van der Waals surface area contributed by atoms with Gasteiger partial charge < -0.3 is 20.1 Å². The molecular formula is C19H28Cl2N2O3. The van der Waals surface area contributed by atoms with Gasteiger partial charge in [-0.2, -0.15) is 0 Å². The van der Waals surface area contributed by atoms with Crippen LogP contribution in [0.5, 0.6) is 0 Å². The van der Waals surface area contributed by atoms with Crippen molar-refractivity contribution in [3.05, 3.63) is 34.4 Å². The van der Waals surface area contributed by atoms with Crippen LogP contribution < -0.4 is 5.32 Å². The van der Waals surface area contributed by atoms with Crippen LogP contribution in [0, 0.1) is 12.3 Å². The van der Waals surface area contributed by atoms with E-state index in [1.807, 2.05) is 13.0 Å². The Morgan fingerprint density at radius 3 is 2.65 bits per heavy atom. The summed E-state index contributed by atoms with van der Waals surface area (Å²) < 4.78 is 5.11. The van der Waals surface area contributed by atoms with Gasteiger partial charge in [-0.1, -0.05) is 6.07 Å². The summed E-state index contributed by atoms with van der Waals surface area (Å²) in [5.74, 6) is -0.249. The van der Waals surface area contributed by atoms with Crippen LogP contribution in [0.25, 0.3) is 0 Å². The maximum atomic E-state index is 11.6. The highest BCUT2D eigenvalue weighted by Crippen LogP contribution is 2.37. The lowest BCUT2D eigenvalue weighted by Crippen LogP contribution is -2.42. The molecule has 146 valence electrons. The predicted octanol–water partition coefficient (Wildman–Crippen LogP) is 2.62. The number of nitrogens with one attached hydrogen (secondary N) is 1. The van der Waals surface area contributed by atoms with Crippen molar-refractivity contribution in [3.8, 4) is 0 Å². The molecule has 1 aromatic carbocycles. The van der Waals surface area contributed by atoms with Crippen molar-refractivity contribution < 1.29 is 14.6 Å². The van der Waals surface area contributed by atoms with Crippen molar-refractivity contribution in [2.24, 2.45) is 5.41 Å². The first-order valence-corrected chi connectivity index (χ1v) is 8.99. The lowest BCUT2D eigenvalue weighted by Gasteiger charge is -2.39. The number of aliphatic hydroxyl groups excluding tert-OH is 1. The highest BCUT2D eigenvalue weighted by Gasteiger charge is 2.37. The summed E-state index contributed by atoms with van der Waals surface area (Å²) in [5, 5.41) is 14.2. The zero-order valence-corrected chi connectivity index (χ0v) is 16.8. The Hall–Kier alpha value is -0.850. The number of carbonyl (C=O) groups excluding carboxylic acids is 1. The van der Waals surface area contributed by atoms with Gasteiger partial charge in [0.1, 0.15) is 6.61 Å². The van der Waals surface area contributed by atoms with Gasteiger partial charge in [-0.15, -0.1) is 24.8 Å². The van der Waals surface area contributed by atoms with E-state index in [2.05, 4.69) is 10.2 Å². The molecule has 0 amide bonds. The lowest BCUT2D eigenvalue weighted by molar-refractivity contribution is 0.0534. The van der Waals surface area contributed by atoms with Crippen molar-refractivity contribution in [2.75, 3.05) is 32.7 Å². The minimum absolute atomic E-state index is 0. The molecule has 4 rings (SSSR count). The van der Waals surface area contributed by atoms with Gasteiger partial charge in [0.15, 0.2) is 0 Å². The fourth-order valence-electron chi connectivity index (χ4n) is 4.50. The third kappa shape index (κ3) is 3.87. The molecule has 1 aromatic rings. The quantitative estimate of drug-likeness (QED) is 0.760. The van der Waals surface area contributed by atoms with Gasteiger partial charge in [0.05, 0.1) is 11.7 Å². The van der Waals surface area contributed by atoms with Crippen LogP contribution in [0.3, 0.4) is 0 Å². The fourth-order valence-corrected chi connectivity index (χ4v) is 4.50. The van der Waals surface area contributed by atoms with Crippen molar-refractivity contribution in [2.45, 2.75) is 38.9 Å². The predicted molar refractivity (Wildman–Crippen MR) is 105 cm³/mol. The number of carbonyl (C=O) groups is 1. The second-order valence-electron chi connectivity index (χ2n) is 7.63. The molecule has 0 aliphatic carbocycles. The topological polar surface area (TPSA) is 61.8 Å². The number of esters is 1. The molecule has 0 radical (unpaired) electrons. The second kappa shape index (κ2) is 8.44. The second-order valence-corrected chi connectivity index (χ2v) is 7.63. The van der Waals surface area contributed by atoms with E-state index in [0.717, 1.165) is 42.9 Å². The number of aliphatic hydroxyl groups is 1. The number of hydrogen-bond donors (Lipinski definition) is 2. The highest BCUT2D eigenvalue weighted by atomic mass is 35.5. The molecule has 0 aromatic heterocycles. The van der Waals surface area contributed by atoms with E-state index in [4.69, 9.17) is 4.74 Å². The van der Waals surface area contributed by atoms with Crippen LogP contribution in [-0.2, 0) is 11.3 Å². The number of fused-ring (bicyclic) bond motifs is 1. The minimum Gasteiger partial charge on any atom is -0.457 e. The molecule has 1 atom stereocenters. The third-order valence-corrected chi connectivity index (χ3v) is 6.25. The lowest BCUT2D eigenvalue weighted by atomic mass is 9.78. The van der Waals surface area contributed by atoms with E-state index < -0.39 is 6.10 Å². The molecule has 1 unspecified atom stereocenters. The summed E-state index contributed by atoms with van der Waals surface area (Å²) in [7, 11) is 0. The maximum absolute atomic E-state index is 11.6. The summed E-state index contributed by atoms with van der Waals surface area (Å²) in [6, 6.07) is 3.68. The Kier molecular flexibility index (Phi) is 6.97. The van der Waals surface area contributed by atoms with Gasteiger partial charge in [-0.05, 0) is 68.4 Å². The number of ether oxygens (including phenoxy) is 1. The molecule has 0 saturated carbocycles. The summed E-state index contributed by atoms with van der Waals surface area (Å²) in [5.41, 5.74) is 4.01. The SMILES string of the molecule is Cc1c(C(O)CN2CCC3(CCNC3)CC2)ccc2c1COC2=O.Cl.Cl. The molecule has 0 bridgehead atoms. The van der Waals surface area contributed by atoms with E-state index in [9.17, 15) is 9.90 Å². The molecule has 7 heteroatoms. The molecule has 2 saturated heterocycles. The molecule has 1 spiro atoms. The van der Waals surface area contributed by atoms with Crippen molar-refractivity contribution >= 4 is 30.8 Å². The van der Waals surface area contributed by atoms with E-state index in [0.29, 0.717) is 24.1 Å². The summed E-state index contributed by atoms with van der Waals surface area (Å²) in [6.45, 7) is 7.40. The monoisotopic (exact) mass is 402 g/mol. The van der Waals surface area contributed by atoms with Crippen molar-refractivity contribution in [3.63, 3.8) is 0 Å². The molecule has 5 nitrogen and oxygen atoms in total. The average molecular weight is 403 g/mol. The molecular weight excluding hydrogens is 375 g/mol. The zero-order valence-electron chi connectivity index (χ0n) is 15.1. The molecule has 3 aliphatic rings. The minimum atomic E-state index is -0.512. The maximum Gasteiger partial charge on any atom is 0.338 e. The number of rotatable bonds is 3. The summed E-state index contributed by atoms with van der Waals surface area (Å²) in [6.07, 6.45) is 3.22. The number of piperidine rings is 1. The van der Waals surface area contributed by atoms with Crippen LogP contribution in [0.4, 0.5) is 0 Å². The fraction of sp³-hybridized carbons (Fsp3) is 0.632. The highest BCUT2D eigenvalue weighted by molar-refractivity contribution is 5.93. The number of benzene rings is 1. The van der Waals surface area contributed by atoms with Crippen LogP contribution in [0.1, 0.15) is 52.4 Å². The first kappa shape index (κ1) is 21.5. The van der Waals surface area contributed by atoms with Crippen molar-refractivity contribution in [1.82, 2.24) is 10.2 Å². The van der Waals surface area contributed by atoms with Crippen LogP contribution in [-0.4, -0.2) is 48.7 Å². The number of nitrogens with zero attached hydrogens (tertiary/aromatic N) is 1. The van der Waals surface area contributed by atoms with E-state index in [-0.39, 0.29) is 30.8 Å². The van der Waals surface area contributed by atoms with Crippen molar-refractivity contribution in [1.29, 1.82) is 0 Å². The van der Waals surface area contributed by atoms with Gasteiger partial charge in [0, 0.05) is 18.7 Å². The zero-order chi connectivity index (χ0) is 16.7. The summed E-state index contributed by atoms with van der Waals surface area (Å²) in [4.78, 5) is 14.0. The molecule has 2 fully saturated rings.